The van der Waals surface area contributed by atoms with Gasteiger partial charge in [0.25, 0.3) is 0 Å². The van der Waals surface area contributed by atoms with Crippen LogP contribution in [0, 0.1) is 5.92 Å². The average Bonchev–Trinajstić information content (AvgIpc) is 2.62. The summed E-state index contributed by atoms with van der Waals surface area (Å²) in [5.74, 6) is -0.148. The second-order valence-corrected chi connectivity index (χ2v) is 4.87. The van der Waals surface area contributed by atoms with Gasteiger partial charge in [-0.3, -0.25) is 9.59 Å². The molecule has 1 aromatic rings. The number of aromatic nitrogens is 1. The van der Waals surface area contributed by atoms with E-state index in [2.05, 4.69) is 15.0 Å². The van der Waals surface area contributed by atoms with Crippen molar-refractivity contribution >= 4 is 28.3 Å². The molecule has 1 saturated carbocycles. The minimum atomic E-state index is -0.327. The molecule has 0 saturated heterocycles. The Hall–Kier alpha value is -1.43. The molecule has 0 aromatic carbocycles. The Morgan fingerprint density at radius 2 is 2.35 bits per heavy atom. The summed E-state index contributed by atoms with van der Waals surface area (Å²) < 4.78 is 4.55. The smallest absolute Gasteiger partial charge is 0.311 e. The van der Waals surface area contributed by atoms with Crippen molar-refractivity contribution in [2.24, 2.45) is 5.92 Å². The predicted octanol–water partition coefficient (Wildman–Crippen LogP) is 1.60. The minimum Gasteiger partial charge on any atom is -0.469 e. The summed E-state index contributed by atoms with van der Waals surface area (Å²) in [6, 6.07) is 0. The molecule has 6 heteroatoms. The predicted molar refractivity (Wildman–Crippen MR) is 63.8 cm³/mol. The third-order valence-corrected chi connectivity index (χ3v) is 3.62. The number of carbonyl (C=O) groups is 2. The monoisotopic (exact) mass is 254 g/mol. The van der Waals surface area contributed by atoms with E-state index in [1.807, 2.05) is 0 Å². The van der Waals surface area contributed by atoms with Crippen molar-refractivity contribution in [3.8, 4) is 0 Å². The third kappa shape index (κ3) is 3.03. The van der Waals surface area contributed by atoms with Gasteiger partial charge in [-0.05, 0) is 12.8 Å². The summed E-state index contributed by atoms with van der Waals surface area (Å²) >= 11 is 1.33. The van der Waals surface area contributed by atoms with E-state index >= 15 is 0 Å². The van der Waals surface area contributed by atoms with E-state index in [1.165, 1.54) is 18.4 Å². The van der Waals surface area contributed by atoms with Crippen LogP contribution >= 0.6 is 11.3 Å². The van der Waals surface area contributed by atoms with Crippen LogP contribution in [0.15, 0.2) is 5.38 Å². The van der Waals surface area contributed by atoms with Gasteiger partial charge < -0.3 is 10.1 Å². The van der Waals surface area contributed by atoms with Crippen molar-refractivity contribution in [2.45, 2.75) is 25.7 Å². The van der Waals surface area contributed by atoms with E-state index in [9.17, 15) is 9.59 Å². The molecule has 0 aliphatic heterocycles. The minimum absolute atomic E-state index is 0.0372. The molecule has 0 radical (unpaired) electrons. The largest absolute Gasteiger partial charge is 0.469 e. The molecule has 17 heavy (non-hydrogen) atoms. The van der Waals surface area contributed by atoms with Crippen molar-refractivity contribution < 1.29 is 14.3 Å². The summed E-state index contributed by atoms with van der Waals surface area (Å²) in [4.78, 5) is 26.8. The Labute approximate surface area is 103 Å². The first-order valence-corrected chi connectivity index (χ1v) is 6.39. The molecular weight excluding hydrogens is 240 g/mol. The standard InChI is InChI=1S/C11H14N2O3S/c1-16-9(14)5-8-6-17-11(12-8)13-10(15)7-3-2-4-7/h6-7H,2-5H2,1H3,(H,12,13,15). The highest BCUT2D eigenvalue weighted by atomic mass is 32.1. The Bertz CT molecular complexity index is 426. The van der Waals surface area contributed by atoms with Crippen molar-refractivity contribution in [3.63, 3.8) is 0 Å². The van der Waals surface area contributed by atoms with Gasteiger partial charge in [0, 0.05) is 11.3 Å². The van der Waals surface area contributed by atoms with Crippen molar-refractivity contribution in [2.75, 3.05) is 12.4 Å². The number of methoxy groups -OCH3 is 1. The van der Waals surface area contributed by atoms with E-state index in [0.29, 0.717) is 10.8 Å². The number of hydrogen-bond donors (Lipinski definition) is 1. The fourth-order valence-electron chi connectivity index (χ4n) is 1.54. The second kappa shape index (κ2) is 5.27. The lowest BCUT2D eigenvalue weighted by Crippen LogP contribution is -2.27. The molecule has 1 amide bonds. The highest BCUT2D eigenvalue weighted by molar-refractivity contribution is 7.13. The van der Waals surface area contributed by atoms with Gasteiger partial charge in [0.15, 0.2) is 5.13 Å². The lowest BCUT2D eigenvalue weighted by molar-refractivity contribution is -0.139. The maximum Gasteiger partial charge on any atom is 0.311 e. The van der Waals surface area contributed by atoms with Gasteiger partial charge in [0.2, 0.25) is 5.91 Å². The van der Waals surface area contributed by atoms with E-state index in [4.69, 9.17) is 0 Å². The van der Waals surface area contributed by atoms with Gasteiger partial charge in [-0.1, -0.05) is 6.42 Å². The number of nitrogens with zero attached hydrogens (tertiary/aromatic N) is 1. The quantitative estimate of drug-likeness (QED) is 0.829. The molecule has 1 N–H and O–H groups in total. The summed E-state index contributed by atoms with van der Waals surface area (Å²) in [6.07, 6.45) is 3.20. The van der Waals surface area contributed by atoms with Crippen LogP contribution in [0.4, 0.5) is 5.13 Å². The molecule has 1 fully saturated rings. The van der Waals surface area contributed by atoms with Crippen LogP contribution in [0.5, 0.6) is 0 Å². The fourth-order valence-corrected chi connectivity index (χ4v) is 2.26. The number of carbonyl (C=O) groups excluding carboxylic acids is 2. The van der Waals surface area contributed by atoms with Gasteiger partial charge >= 0.3 is 5.97 Å². The molecule has 0 spiro atoms. The molecule has 1 heterocycles. The molecule has 2 rings (SSSR count). The number of ether oxygens (including phenoxy) is 1. The lowest BCUT2D eigenvalue weighted by atomic mass is 9.85. The van der Waals surface area contributed by atoms with E-state index in [-0.39, 0.29) is 24.2 Å². The summed E-state index contributed by atoms with van der Waals surface area (Å²) in [5, 5.41) is 5.09. The number of esters is 1. The van der Waals surface area contributed by atoms with Crippen LogP contribution in [-0.4, -0.2) is 24.0 Å². The van der Waals surface area contributed by atoms with Crippen molar-refractivity contribution in [1.82, 2.24) is 4.98 Å². The Morgan fingerprint density at radius 3 is 2.94 bits per heavy atom. The average molecular weight is 254 g/mol. The van der Waals surface area contributed by atoms with Gasteiger partial charge in [-0.25, -0.2) is 4.98 Å². The van der Waals surface area contributed by atoms with Crippen molar-refractivity contribution in [3.05, 3.63) is 11.1 Å². The Morgan fingerprint density at radius 1 is 1.59 bits per heavy atom. The maximum atomic E-state index is 11.6. The van der Waals surface area contributed by atoms with Gasteiger partial charge in [-0.15, -0.1) is 11.3 Å². The molecule has 0 atom stereocenters. The van der Waals surface area contributed by atoms with Crippen LogP contribution in [0.1, 0.15) is 25.0 Å². The number of rotatable bonds is 4. The Balaban J connectivity index is 1.89. The summed E-state index contributed by atoms with van der Waals surface area (Å²) in [6.45, 7) is 0. The zero-order valence-electron chi connectivity index (χ0n) is 9.56. The van der Waals surface area contributed by atoms with Crippen molar-refractivity contribution in [1.29, 1.82) is 0 Å². The fraction of sp³-hybridized carbons (Fsp3) is 0.545. The molecular formula is C11H14N2O3S. The SMILES string of the molecule is COC(=O)Cc1csc(NC(=O)C2CCC2)n1. The molecule has 1 aliphatic carbocycles. The van der Waals surface area contributed by atoms with Gasteiger partial charge in [0.05, 0.1) is 19.2 Å². The first kappa shape index (κ1) is 12.0. The normalized spacial score (nSPS) is 15.1. The van der Waals surface area contributed by atoms with Gasteiger partial charge in [-0.2, -0.15) is 0 Å². The van der Waals surface area contributed by atoms with Crippen LogP contribution < -0.4 is 5.32 Å². The van der Waals surface area contributed by atoms with Gasteiger partial charge in [0.1, 0.15) is 0 Å². The van der Waals surface area contributed by atoms with Crippen LogP contribution in [0.3, 0.4) is 0 Å². The van der Waals surface area contributed by atoms with E-state index in [0.717, 1.165) is 19.3 Å². The summed E-state index contributed by atoms with van der Waals surface area (Å²) in [7, 11) is 1.34. The third-order valence-electron chi connectivity index (χ3n) is 2.81. The highest BCUT2D eigenvalue weighted by Crippen LogP contribution is 2.28. The van der Waals surface area contributed by atoms with Crippen LogP contribution in [0.25, 0.3) is 0 Å². The maximum absolute atomic E-state index is 11.6. The Kier molecular flexibility index (Phi) is 3.73. The van der Waals surface area contributed by atoms with E-state index < -0.39 is 0 Å². The van der Waals surface area contributed by atoms with Crippen LogP contribution in [-0.2, 0) is 20.7 Å². The van der Waals surface area contributed by atoms with Crippen LogP contribution in [0.2, 0.25) is 0 Å². The summed E-state index contributed by atoms with van der Waals surface area (Å²) in [5.41, 5.74) is 0.630. The number of hydrogen-bond acceptors (Lipinski definition) is 5. The molecule has 0 bridgehead atoms. The zero-order chi connectivity index (χ0) is 12.3. The number of amides is 1. The molecule has 0 unspecified atom stereocenters. The molecule has 92 valence electrons. The number of nitrogens with one attached hydrogen (secondary N) is 1. The topological polar surface area (TPSA) is 68.3 Å². The lowest BCUT2D eigenvalue weighted by Gasteiger charge is -2.23. The second-order valence-electron chi connectivity index (χ2n) is 4.01. The first-order valence-electron chi connectivity index (χ1n) is 5.51. The number of thiazole rings is 1. The molecule has 5 nitrogen and oxygen atoms in total. The number of anilines is 1. The molecule has 1 aromatic heterocycles. The first-order chi connectivity index (χ1) is 8.19. The van der Waals surface area contributed by atoms with E-state index in [1.54, 1.807) is 5.38 Å². The molecule has 1 aliphatic rings. The zero-order valence-corrected chi connectivity index (χ0v) is 10.4. The highest BCUT2D eigenvalue weighted by Gasteiger charge is 2.25.